The summed E-state index contributed by atoms with van der Waals surface area (Å²) in [6.07, 6.45) is 1.34. The van der Waals surface area contributed by atoms with Crippen molar-refractivity contribution in [2.75, 3.05) is 0 Å². The number of carbonyl (C=O) groups excluding carboxylic acids is 1. The summed E-state index contributed by atoms with van der Waals surface area (Å²) < 4.78 is 5.42. The molecule has 0 fully saturated rings. The highest BCUT2D eigenvalue weighted by atomic mass is 16.5. The summed E-state index contributed by atoms with van der Waals surface area (Å²) >= 11 is 0. The minimum Gasteiger partial charge on any atom is -0.463 e. The molecule has 2 aromatic carbocycles. The first-order valence-corrected chi connectivity index (χ1v) is 7.43. The van der Waals surface area contributed by atoms with Crippen LogP contribution in [0.4, 0.5) is 0 Å². The molecule has 2 nitrogen and oxygen atoms in total. The van der Waals surface area contributed by atoms with E-state index in [9.17, 15) is 4.79 Å². The Hall–Kier alpha value is -2.09. The molecule has 0 bridgehead atoms. The third-order valence-electron chi connectivity index (χ3n) is 3.34. The molecule has 0 saturated heterocycles. The van der Waals surface area contributed by atoms with Gasteiger partial charge in [-0.1, -0.05) is 60.7 Å². The molecule has 0 saturated carbocycles. The molecule has 0 heterocycles. The first-order valence-electron chi connectivity index (χ1n) is 7.43. The molecule has 110 valence electrons. The zero-order valence-electron chi connectivity index (χ0n) is 12.7. The van der Waals surface area contributed by atoms with Gasteiger partial charge in [-0.25, -0.2) is 0 Å². The molecule has 0 atom stereocenters. The van der Waals surface area contributed by atoms with Crippen LogP contribution in [0.3, 0.4) is 0 Å². The van der Waals surface area contributed by atoms with Gasteiger partial charge in [-0.2, -0.15) is 0 Å². The molecule has 0 aromatic heterocycles. The smallest absolute Gasteiger partial charge is 0.309 e. The lowest BCUT2D eigenvalue weighted by Crippen LogP contribution is -2.25. The van der Waals surface area contributed by atoms with Gasteiger partial charge in [-0.3, -0.25) is 4.79 Å². The fourth-order valence-electron chi connectivity index (χ4n) is 2.36. The summed E-state index contributed by atoms with van der Waals surface area (Å²) in [6, 6.07) is 20.2. The van der Waals surface area contributed by atoms with Crippen molar-refractivity contribution in [3.05, 3.63) is 71.8 Å². The van der Waals surface area contributed by atoms with Gasteiger partial charge in [0.25, 0.3) is 0 Å². The van der Waals surface area contributed by atoms with Crippen LogP contribution >= 0.6 is 0 Å². The Labute approximate surface area is 126 Å². The molecule has 0 radical (unpaired) electrons. The Balaban J connectivity index is 2.12. The van der Waals surface area contributed by atoms with E-state index < -0.39 is 0 Å². The lowest BCUT2D eigenvalue weighted by molar-refractivity contribution is -0.152. The molecule has 2 heteroatoms. The zero-order valence-corrected chi connectivity index (χ0v) is 12.7. The van der Waals surface area contributed by atoms with Crippen LogP contribution in [0.1, 0.15) is 25.0 Å². The van der Waals surface area contributed by atoms with Crippen LogP contribution in [0.2, 0.25) is 0 Å². The van der Waals surface area contributed by atoms with E-state index in [-0.39, 0.29) is 18.0 Å². The summed E-state index contributed by atoms with van der Waals surface area (Å²) in [5, 5.41) is 0. The minimum absolute atomic E-state index is 0.0773. The predicted molar refractivity (Wildman–Crippen MR) is 85.0 cm³/mol. The maximum Gasteiger partial charge on any atom is 0.309 e. The molecule has 2 aromatic rings. The highest BCUT2D eigenvalue weighted by Crippen LogP contribution is 2.17. The topological polar surface area (TPSA) is 26.3 Å². The van der Waals surface area contributed by atoms with Crippen molar-refractivity contribution in [2.24, 2.45) is 5.92 Å². The van der Waals surface area contributed by atoms with E-state index in [1.807, 2.05) is 50.2 Å². The number of rotatable bonds is 6. The van der Waals surface area contributed by atoms with E-state index in [1.165, 1.54) is 11.1 Å². The standard InChI is InChI=1S/C19H22O2/c1-15(2)21-19(20)18(13-16-9-5-3-6-10-16)14-17-11-7-4-8-12-17/h3-12,15,18H,13-14H2,1-2H3. The molecule has 0 aliphatic rings. The van der Waals surface area contributed by atoms with E-state index in [2.05, 4.69) is 24.3 Å². The molecule has 0 amide bonds. The zero-order chi connectivity index (χ0) is 15.1. The second-order valence-electron chi connectivity index (χ2n) is 5.56. The van der Waals surface area contributed by atoms with Crippen LogP contribution in [-0.4, -0.2) is 12.1 Å². The maximum absolute atomic E-state index is 12.3. The van der Waals surface area contributed by atoms with Crippen LogP contribution in [0.25, 0.3) is 0 Å². The largest absolute Gasteiger partial charge is 0.463 e. The third kappa shape index (κ3) is 5.07. The van der Waals surface area contributed by atoms with E-state index in [0.717, 1.165) is 0 Å². The van der Waals surface area contributed by atoms with Crippen LogP contribution in [0.15, 0.2) is 60.7 Å². The summed E-state index contributed by atoms with van der Waals surface area (Å²) in [7, 11) is 0. The van der Waals surface area contributed by atoms with Crippen molar-refractivity contribution in [2.45, 2.75) is 32.8 Å². The molecule has 0 spiro atoms. The molecule has 2 rings (SSSR count). The molecule has 0 N–H and O–H groups in total. The average molecular weight is 282 g/mol. The van der Waals surface area contributed by atoms with Crippen molar-refractivity contribution in [3.63, 3.8) is 0 Å². The van der Waals surface area contributed by atoms with Gasteiger partial charge >= 0.3 is 5.97 Å². The minimum atomic E-state index is -0.141. The second-order valence-corrected chi connectivity index (χ2v) is 5.56. The van der Waals surface area contributed by atoms with Gasteiger partial charge in [0.05, 0.1) is 12.0 Å². The summed E-state index contributed by atoms with van der Waals surface area (Å²) in [5.74, 6) is -0.255. The maximum atomic E-state index is 12.3. The highest BCUT2D eigenvalue weighted by Gasteiger charge is 2.22. The fraction of sp³-hybridized carbons (Fsp3) is 0.316. The average Bonchev–Trinajstić information content (AvgIpc) is 2.48. The number of carbonyl (C=O) groups is 1. The Morgan fingerprint density at radius 1 is 0.857 bits per heavy atom. The van der Waals surface area contributed by atoms with Crippen LogP contribution in [0.5, 0.6) is 0 Å². The van der Waals surface area contributed by atoms with Crippen molar-refractivity contribution >= 4 is 5.97 Å². The summed E-state index contributed by atoms with van der Waals surface area (Å²) in [4.78, 5) is 12.3. The Morgan fingerprint density at radius 2 is 1.29 bits per heavy atom. The van der Waals surface area contributed by atoms with Gasteiger partial charge in [0.2, 0.25) is 0 Å². The Kier molecular flexibility index (Phi) is 5.56. The summed E-state index contributed by atoms with van der Waals surface area (Å²) in [6.45, 7) is 3.78. The molecule has 0 unspecified atom stereocenters. The quantitative estimate of drug-likeness (QED) is 0.747. The van der Waals surface area contributed by atoms with Gasteiger partial charge in [0, 0.05) is 0 Å². The Morgan fingerprint density at radius 3 is 1.67 bits per heavy atom. The van der Waals surface area contributed by atoms with Gasteiger partial charge in [-0.15, -0.1) is 0 Å². The monoisotopic (exact) mass is 282 g/mol. The highest BCUT2D eigenvalue weighted by molar-refractivity contribution is 5.73. The van der Waals surface area contributed by atoms with Crippen LogP contribution in [-0.2, 0) is 22.4 Å². The van der Waals surface area contributed by atoms with E-state index in [0.29, 0.717) is 12.8 Å². The predicted octanol–water partition coefficient (Wildman–Crippen LogP) is 4.04. The second kappa shape index (κ2) is 7.63. The summed E-state index contributed by atoms with van der Waals surface area (Å²) in [5.41, 5.74) is 2.33. The number of ether oxygens (including phenoxy) is 1. The van der Waals surface area contributed by atoms with Gasteiger partial charge in [-0.05, 0) is 37.8 Å². The Bertz CT molecular complexity index is 505. The first kappa shape index (κ1) is 15.3. The van der Waals surface area contributed by atoms with E-state index in [4.69, 9.17) is 4.74 Å². The molecule has 0 aliphatic carbocycles. The van der Waals surface area contributed by atoms with Crippen molar-refractivity contribution < 1.29 is 9.53 Å². The molecular weight excluding hydrogens is 260 g/mol. The van der Waals surface area contributed by atoms with Crippen molar-refractivity contribution in [1.82, 2.24) is 0 Å². The fourth-order valence-corrected chi connectivity index (χ4v) is 2.36. The normalized spacial score (nSPS) is 10.9. The molecular formula is C19H22O2. The number of hydrogen-bond donors (Lipinski definition) is 0. The van der Waals surface area contributed by atoms with Gasteiger partial charge in [0.1, 0.15) is 0 Å². The first-order chi connectivity index (χ1) is 10.1. The van der Waals surface area contributed by atoms with Crippen molar-refractivity contribution in [1.29, 1.82) is 0 Å². The SMILES string of the molecule is CC(C)OC(=O)C(Cc1ccccc1)Cc1ccccc1. The number of benzene rings is 2. The van der Waals surface area contributed by atoms with Gasteiger partial charge in [0.15, 0.2) is 0 Å². The molecule has 21 heavy (non-hydrogen) atoms. The van der Waals surface area contributed by atoms with Crippen LogP contribution in [0, 0.1) is 5.92 Å². The van der Waals surface area contributed by atoms with Gasteiger partial charge < -0.3 is 4.74 Å². The van der Waals surface area contributed by atoms with Crippen molar-refractivity contribution in [3.8, 4) is 0 Å². The lowest BCUT2D eigenvalue weighted by Gasteiger charge is -2.18. The number of esters is 1. The number of hydrogen-bond acceptors (Lipinski definition) is 2. The molecule has 0 aliphatic heterocycles. The van der Waals surface area contributed by atoms with Crippen LogP contribution < -0.4 is 0 Å². The van der Waals surface area contributed by atoms with E-state index in [1.54, 1.807) is 0 Å². The lowest BCUT2D eigenvalue weighted by atomic mass is 9.92. The third-order valence-corrected chi connectivity index (χ3v) is 3.34. The van der Waals surface area contributed by atoms with E-state index >= 15 is 0 Å².